The molecule has 0 saturated carbocycles. The van der Waals surface area contributed by atoms with Gasteiger partial charge in [0.1, 0.15) is 28.8 Å². The number of aromatic nitrogens is 2. The zero-order valence-electron chi connectivity index (χ0n) is 20.2. The molecule has 3 aromatic rings. The summed E-state index contributed by atoms with van der Waals surface area (Å²) in [6.45, 7) is 2.74. The van der Waals surface area contributed by atoms with Gasteiger partial charge in [-0.3, -0.25) is 9.78 Å². The van der Waals surface area contributed by atoms with E-state index in [1.54, 1.807) is 0 Å². The van der Waals surface area contributed by atoms with Crippen LogP contribution in [0.2, 0.25) is 0 Å². The van der Waals surface area contributed by atoms with Crippen LogP contribution in [0.3, 0.4) is 0 Å². The van der Waals surface area contributed by atoms with Gasteiger partial charge in [-0.15, -0.1) is 0 Å². The molecule has 10 heteroatoms. The molecule has 1 fully saturated rings. The zero-order chi connectivity index (χ0) is 26.4. The van der Waals surface area contributed by atoms with E-state index in [-0.39, 0.29) is 18.0 Å². The topological polar surface area (TPSA) is 113 Å². The van der Waals surface area contributed by atoms with Crippen LogP contribution in [0, 0.1) is 23.4 Å². The van der Waals surface area contributed by atoms with Crippen LogP contribution in [0.15, 0.2) is 36.5 Å². The molecule has 37 heavy (non-hydrogen) atoms. The van der Waals surface area contributed by atoms with Crippen molar-refractivity contribution < 1.29 is 28.2 Å². The van der Waals surface area contributed by atoms with Crippen molar-refractivity contribution >= 4 is 11.5 Å². The number of nitrogens with zero attached hydrogens (tertiary/aromatic N) is 3. The number of benzene rings is 1. The van der Waals surface area contributed by atoms with Gasteiger partial charge in [0.15, 0.2) is 5.78 Å². The molecule has 7 nitrogen and oxygen atoms in total. The molecule has 4 N–H and O–H groups in total. The van der Waals surface area contributed by atoms with Crippen molar-refractivity contribution in [2.45, 2.75) is 44.4 Å². The minimum atomic E-state index is -0.989. The third kappa shape index (κ3) is 4.60. The van der Waals surface area contributed by atoms with Crippen molar-refractivity contribution in [3.05, 3.63) is 76.5 Å². The molecular formula is C27H27F3N4O3. The van der Waals surface area contributed by atoms with E-state index in [0.29, 0.717) is 37.2 Å². The Kier molecular flexibility index (Phi) is 6.74. The number of aliphatic hydroxyl groups is 2. The summed E-state index contributed by atoms with van der Waals surface area (Å²) in [6.07, 6.45) is 1.06. The summed E-state index contributed by atoms with van der Waals surface area (Å²) >= 11 is 0. The number of nitrogens with two attached hydrogens (primary N) is 1. The van der Waals surface area contributed by atoms with E-state index >= 15 is 0 Å². The number of pyridine rings is 2. The van der Waals surface area contributed by atoms with Crippen molar-refractivity contribution in [2.24, 2.45) is 11.7 Å². The molecule has 2 aliphatic rings. The van der Waals surface area contributed by atoms with E-state index in [2.05, 4.69) is 9.97 Å². The lowest BCUT2D eigenvalue weighted by molar-refractivity contribution is 0.0783. The number of ketones is 1. The Balaban J connectivity index is 1.52. The van der Waals surface area contributed by atoms with Gasteiger partial charge in [-0.1, -0.05) is 13.0 Å². The summed E-state index contributed by atoms with van der Waals surface area (Å²) in [5.74, 6) is -3.55. The lowest BCUT2D eigenvalue weighted by Gasteiger charge is -2.41. The highest BCUT2D eigenvalue weighted by molar-refractivity contribution is 5.97. The summed E-state index contributed by atoms with van der Waals surface area (Å²) in [7, 11) is 0. The normalized spacial score (nSPS) is 23.3. The molecule has 0 spiro atoms. The number of anilines is 1. The van der Waals surface area contributed by atoms with Crippen LogP contribution in [-0.4, -0.2) is 51.2 Å². The Morgan fingerprint density at radius 1 is 1.11 bits per heavy atom. The van der Waals surface area contributed by atoms with Crippen LogP contribution in [0.5, 0.6) is 0 Å². The fourth-order valence-electron chi connectivity index (χ4n) is 5.33. The molecule has 0 bridgehead atoms. The van der Waals surface area contributed by atoms with Crippen molar-refractivity contribution in [1.82, 2.24) is 9.97 Å². The first-order chi connectivity index (χ1) is 17.7. The molecule has 1 saturated heterocycles. The number of rotatable bonds is 5. The van der Waals surface area contributed by atoms with Gasteiger partial charge < -0.3 is 20.8 Å². The smallest absolute Gasteiger partial charge is 0.185 e. The number of Topliss-reactive ketones (excluding diaryl/α,β-unsaturated/α-hetero) is 1. The fourth-order valence-corrected chi connectivity index (χ4v) is 5.33. The average Bonchev–Trinajstić information content (AvgIpc) is 3.23. The Bertz CT molecular complexity index is 1340. The van der Waals surface area contributed by atoms with Gasteiger partial charge in [0, 0.05) is 54.5 Å². The van der Waals surface area contributed by atoms with E-state index in [1.807, 2.05) is 11.8 Å². The van der Waals surface area contributed by atoms with E-state index in [4.69, 9.17) is 5.73 Å². The summed E-state index contributed by atoms with van der Waals surface area (Å²) in [4.78, 5) is 23.7. The number of aliphatic hydroxyl groups excluding tert-OH is 2. The van der Waals surface area contributed by atoms with E-state index in [1.165, 1.54) is 12.3 Å². The van der Waals surface area contributed by atoms with Gasteiger partial charge in [0.05, 0.1) is 23.5 Å². The van der Waals surface area contributed by atoms with Gasteiger partial charge in [0.2, 0.25) is 0 Å². The van der Waals surface area contributed by atoms with Crippen LogP contribution in [0.4, 0.5) is 18.9 Å². The van der Waals surface area contributed by atoms with Crippen LogP contribution in [-0.2, 0) is 12.8 Å². The molecule has 2 aromatic heterocycles. The van der Waals surface area contributed by atoms with Crippen molar-refractivity contribution in [3.8, 4) is 11.3 Å². The fraction of sp³-hybridized carbons (Fsp3) is 0.370. The Labute approximate surface area is 211 Å². The second kappa shape index (κ2) is 9.85. The predicted octanol–water partition coefficient (Wildman–Crippen LogP) is 3.11. The maximum atomic E-state index is 14.5. The van der Waals surface area contributed by atoms with Crippen molar-refractivity contribution in [3.63, 3.8) is 0 Å². The van der Waals surface area contributed by atoms with E-state index in [0.717, 1.165) is 35.5 Å². The van der Waals surface area contributed by atoms with Crippen LogP contribution < -0.4 is 10.6 Å². The largest absolute Gasteiger partial charge is 0.391 e. The zero-order valence-corrected chi connectivity index (χ0v) is 20.2. The van der Waals surface area contributed by atoms with E-state index in [9.17, 15) is 28.2 Å². The molecule has 0 radical (unpaired) electrons. The van der Waals surface area contributed by atoms with Crippen LogP contribution >= 0.6 is 0 Å². The van der Waals surface area contributed by atoms with Gasteiger partial charge in [-0.2, -0.15) is 0 Å². The highest BCUT2D eigenvalue weighted by atomic mass is 19.1. The highest BCUT2D eigenvalue weighted by Gasteiger charge is 2.35. The Morgan fingerprint density at radius 3 is 2.54 bits per heavy atom. The number of hydrogen-bond acceptors (Lipinski definition) is 7. The minimum Gasteiger partial charge on any atom is -0.391 e. The van der Waals surface area contributed by atoms with Gasteiger partial charge >= 0.3 is 0 Å². The first-order valence-electron chi connectivity index (χ1n) is 12.2. The summed E-state index contributed by atoms with van der Waals surface area (Å²) in [6, 6.07) is 4.79. The molecule has 3 heterocycles. The molecule has 1 aliphatic carbocycles. The second-order valence-electron chi connectivity index (χ2n) is 9.81. The maximum Gasteiger partial charge on any atom is 0.185 e. The molecule has 1 aliphatic heterocycles. The maximum absolute atomic E-state index is 14.5. The number of piperidine rings is 1. The lowest BCUT2D eigenvalue weighted by Crippen LogP contribution is -2.56. The molecule has 194 valence electrons. The van der Waals surface area contributed by atoms with Crippen LogP contribution in [0.1, 0.15) is 46.8 Å². The van der Waals surface area contributed by atoms with E-state index < -0.39 is 52.7 Å². The Morgan fingerprint density at radius 2 is 1.84 bits per heavy atom. The van der Waals surface area contributed by atoms with Crippen molar-refractivity contribution in [2.75, 3.05) is 18.0 Å². The predicted molar refractivity (Wildman–Crippen MR) is 130 cm³/mol. The quantitative estimate of drug-likeness (QED) is 0.451. The summed E-state index contributed by atoms with van der Waals surface area (Å²) < 4.78 is 43.1. The standard InChI is InChI=1S/C27H27F3N4O3/c1-13-11-34(12-19(31)27(13)37)26-14(10-32-24-15(26)5-8-21(24)35)9-22(36)20-7-6-18(30)25(33-20)23-16(28)3-2-4-17(23)29/h2-4,6-7,10,13,19,21,27,35,37H,5,8-9,11-12,31H2,1H3/t13-,19+,21?,27+/m0/s1. The molecule has 1 unspecified atom stereocenters. The highest BCUT2D eigenvalue weighted by Crippen LogP contribution is 2.40. The second-order valence-corrected chi connectivity index (χ2v) is 9.81. The minimum absolute atomic E-state index is 0.126. The number of fused-ring (bicyclic) bond motifs is 1. The number of hydrogen-bond donors (Lipinski definition) is 3. The molecular weight excluding hydrogens is 485 g/mol. The van der Waals surface area contributed by atoms with Gasteiger partial charge in [-0.25, -0.2) is 18.2 Å². The molecule has 5 rings (SSSR count). The number of halogens is 3. The Hall–Kier alpha value is -3.34. The molecule has 4 atom stereocenters. The summed E-state index contributed by atoms with van der Waals surface area (Å²) in [5, 5.41) is 20.7. The van der Waals surface area contributed by atoms with Crippen LogP contribution in [0.25, 0.3) is 11.3 Å². The first kappa shape index (κ1) is 25.3. The van der Waals surface area contributed by atoms with Gasteiger partial charge in [0.25, 0.3) is 0 Å². The monoisotopic (exact) mass is 512 g/mol. The lowest BCUT2D eigenvalue weighted by atomic mass is 9.91. The summed E-state index contributed by atoms with van der Waals surface area (Å²) in [5.41, 5.74) is 7.51. The number of carbonyl (C=O) groups excluding carboxylic acids is 1. The SMILES string of the molecule is C[C@H]1CN(c2c(CC(=O)c3ccc(F)c(-c4c(F)cccc4F)n3)cnc3c2CCC3O)C[C@@H](N)[C@@H]1O. The first-order valence-corrected chi connectivity index (χ1v) is 12.2. The molecule has 0 amide bonds. The number of carbonyl (C=O) groups is 1. The average molecular weight is 513 g/mol. The third-order valence-corrected chi connectivity index (χ3v) is 7.20. The molecule has 1 aromatic carbocycles. The van der Waals surface area contributed by atoms with Gasteiger partial charge in [-0.05, 0) is 37.1 Å². The third-order valence-electron chi connectivity index (χ3n) is 7.20. The van der Waals surface area contributed by atoms with Crippen molar-refractivity contribution in [1.29, 1.82) is 0 Å².